The van der Waals surface area contributed by atoms with E-state index in [0.29, 0.717) is 12.1 Å². The Bertz CT molecular complexity index is 410. The molecule has 1 fully saturated rings. The van der Waals surface area contributed by atoms with Crippen LogP contribution in [0.4, 0.5) is 5.69 Å². The van der Waals surface area contributed by atoms with Crippen LogP contribution in [-0.2, 0) is 0 Å². The number of piperidine rings is 1. The van der Waals surface area contributed by atoms with Crippen molar-refractivity contribution < 1.29 is 9.90 Å². The second-order valence-corrected chi connectivity index (χ2v) is 4.77. The second-order valence-electron chi connectivity index (χ2n) is 4.77. The van der Waals surface area contributed by atoms with Crippen LogP contribution in [-0.4, -0.2) is 28.1 Å². The first kappa shape index (κ1) is 11.9. The van der Waals surface area contributed by atoms with Gasteiger partial charge in [-0.15, -0.1) is 0 Å². The third-order valence-electron chi connectivity index (χ3n) is 3.46. The van der Waals surface area contributed by atoms with Gasteiger partial charge >= 0.3 is 5.97 Å². The number of nitrogens with zero attached hydrogens (tertiary/aromatic N) is 2. The Hall–Kier alpha value is -1.58. The lowest BCUT2D eigenvalue weighted by Crippen LogP contribution is -2.43. The SMILES string of the molecule is CC1CCCC(C)N1c1cncc(C(=O)O)c1. The summed E-state index contributed by atoms with van der Waals surface area (Å²) in [5.74, 6) is -0.920. The van der Waals surface area contributed by atoms with Gasteiger partial charge in [-0.25, -0.2) is 4.79 Å². The van der Waals surface area contributed by atoms with Gasteiger partial charge in [-0.3, -0.25) is 4.98 Å². The Morgan fingerprint density at radius 1 is 1.35 bits per heavy atom. The summed E-state index contributed by atoms with van der Waals surface area (Å²) >= 11 is 0. The van der Waals surface area contributed by atoms with Gasteiger partial charge in [-0.1, -0.05) is 0 Å². The van der Waals surface area contributed by atoms with E-state index in [2.05, 4.69) is 23.7 Å². The van der Waals surface area contributed by atoms with Crippen molar-refractivity contribution in [2.75, 3.05) is 4.90 Å². The Labute approximate surface area is 101 Å². The van der Waals surface area contributed by atoms with E-state index in [1.54, 1.807) is 12.3 Å². The van der Waals surface area contributed by atoms with Crippen LogP contribution in [0.15, 0.2) is 18.5 Å². The number of rotatable bonds is 2. The first-order valence-electron chi connectivity index (χ1n) is 6.06. The van der Waals surface area contributed by atoms with Crippen molar-refractivity contribution in [1.29, 1.82) is 0 Å². The van der Waals surface area contributed by atoms with Crippen LogP contribution in [0.1, 0.15) is 43.5 Å². The predicted molar refractivity (Wildman–Crippen MR) is 66.5 cm³/mol. The highest BCUT2D eigenvalue weighted by Gasteiger charge is 2.25. The summed E-state index contributed by atoms with van der Waals surface area (Å²) in [5, 5.41) is 8.98. The van der Waals surface area contributed by atoms with Crippen LogP contribution < -0.4 is 4.90 Å². The molecule has 0 amide bonds. The molecule has 1 aliphatic rings. The smallest absolute Gasteiger partial charge is 0.337 e. The zero-order chi connectivity index (χ0) is 12.4. The maximum atomic E-state index is 10.9. The molecule has 0 aromatic carbocycles. The third-order valence-corrected chi connectivity index (χ3v) is 3.46. The van der Waals surface area contributed by atoms with Gasteiger partial charge in [0.05, 0.1) is 17.4 Å². The Balaban J connectivity index is 2.31. The number of carboxylic acid groups (broad SMARTS) is 1. The Kier molecular flexibility index (Phi) is 3.31. The van der Waals surface area contributed by atoms with E-state index in [-0.39, 0.29) is 5.56 Å². The van der Waals surface area contributed by atoms with Gasteiger partial charge in [0, 0.05) is 18.3 Å². The highest BCUT2D eigenvalue weighted by Crippen LogP contribution is 2.28. The van der Waals surface area contributed by atoms with Crippen LogP contribution in [0.5, 0.6) is 0 Å². The van der Waals surface area contributed by atoms with Crippen molar-refractivity contribution >= 4 is 11.7 Å². The summed E-state index contributed by atoms with van der Waals surface area (Å²) in [5.41, 5.74) is 1.18. The number of aromatic nitrogens is 1. The highest BCUT2D eigenvalue weighted by molar-refractivity contribution is 5.88. The van der Waals surface area contributed by atoms with Gasteiger partial charge < -0.3 is 10.0 Å². The number of aromatic carboxylic acids is 1. The lowest BCUT2D eigenvalue weighted by Gasteiger charge is -2.40. The Morgan fingerprint density at radius 3 is 2.59 bits per heavy atom. The summed E-state index contributed by atoms with van der Waals surface area (Å²) < 4.78 is 0. The highest BCUT2D eigenvalue weighted by atomic mass is 16.4. The lowest BCUT2D eigenvalue weighted by atomic mass is 9.97. The molecule has 0 radical (unpaired) electrons. The minimum Gasteiger partial charge on any atom is -0.478 e. The second kappa shape index (κ2) is 4.73. The molecule has 1 aromatic heterocycles. The van der Waals surface area contributed by atoms with Crippen LogP contribution in [0.3, 0.4) is 0 Å². The van der Waals surface area contributed by atoms with E-state index in [1.165, 1.54) is 12.6 Å². The molecule has 17 heavy (non-hydrogen) atoms. The largest absolute Gasteiger partial charge is 0.478 e. The van der Waals surface area contributed by atoms with E-state index in [4.69, 9.17) is 5.11 Å². The zero-order valence-electron chi connectivity index (χ0n) is 10.3. The van der Waals surface area contributed by atoms with Gasteiger partial charge in [0.15, 0.2) is 0 Å². The van der Waals surface area contributed by atoms with Crippen molar-refractivity contribution in [3.63, 3.8) is 0 Å². The molecule has 2 heterocycles. The number of carboxylic acids is 1. The minimum atomic E-state index is -0.920. The van der Waals surface area contributed by atoms with Crippen molar-refractivity contribution in [2.24, 2.45) is 0 Å². The van der Waals surface area contributed by atoms with Gasteiger partial charge in [0.1, 0.15) is 0 Å². The molecule has 4 heteroatoms. The van der Waals surface area contributed by atoms with Crippen molar-refractivity contribution in [3.05, 3.63) is 24.0 Å². The van der Waals surface area contributed by atoms with Crippen LogP contribution in [0, 0.1) is 0 Å². The number of pyridine rings is 1. The van der Waals surface area contributed by atoms with Gasteiger partial charge in [0.25, 0.3) is 0 Å². The summed E-state index contributed by atoms with van der Waals surface area (Å²) in [6, 6.07) is 2.61. The molecule has 1 saturated heterocycles. The first-order chi connectivity index (χ1) is 8.09. The molecule has 0 saturated carbocycles. The quantitative estimate of drug-likeness (QED) is 0.854. The molecule has 2 atom stereocenters. The topological polar surface area (TPSA) is 53.4 Å². The number of anilines is 1. The molecule has 0 spiro atoms. The van der Waals surface area contributed by atoms with Gasteiger partial charge in [0.2, 0.25) is 0 Å². The molecule has 2 rings (SSSR count). The Morgan fingerprint density at radius 2 is 2.00 bits per heavy atom. The molecular weight excluding hydrogens is 216 g/mol. The molecule has 0 bridgehead atoms. The molecule has 1 aliphatic heterocycles. The fraction of sp³-hybridized carbons (Fsp3) is 0.538. The maximum Gasteiger partial charge on any atom is 0.337 e. The van der Waals surface area contributed by atoms with E-state index in [0.717, 1.165) is 18.5 Å². The lowest BCUT2D eigenvalue weighted by molar-refractivity contribution is 0.0696. The molecule has 1 N–H and O–H groups in total. The van der Waals surface area contributed by atoms with Crippen molar-refractivity contribution in [3.8, 4) is 0 Å². The van der Waals surface area contributed by atoms with E-state index in [1.807, 2.05) is 0 Å². The van der Waals surface area contributed by atoms with E-state index in [9.17, 15) is 4.79 Å². The summed E-state index contributed by atoms with van der Waals surface area (Å²) in [6.45, 7) is 4.37. The normalized spacial score (nSPS) is 24.7. The van der Waals surface area contributed by atoms with Crippen molar-refractivity contribution in [1.82, 2.24) is 4.98 Å². The first-order valence-corrected chi connectivity index (χ1v) is 6.06. The monoisotopic (exact) mass is 234 g/mol. The van der Waals surface area contributed by atoms with Crippen LogP contribution >= 0.6 is 0 Å². The predicted octanol–water partition coefficient (Wildman–Crippen LogP) is 2.55. The minimum absolute atomic E-state index is 0.257. The van der Waals surface area contributed by atoms with E-state index < -0.39 is 5.97 Å². The molecule has 0 aliphatic carbocycles. The summed E-state index contributed by atoms with van der Waals surface area (Å²) in [6.07, 6.45) is 6.70. The molecule has 4 nitrogen and oxygen atoms in total. The number of hydrogen-bond donors (Lipinski definition) is 1. The maximum absolute atomic E-state index is 10.9. The average Bonchev–Trinajstić information content (AvgIpc) is 2.29. The fourth-order valence-corrected chi connectivity index (χ4v) is 2.62. The standard InChI is InChI=1S/C13H18N2O2/c1-9-4-3-5-10(2)15(9)12-6-11(13(16)17)7-14-8-12/h6-10H,3-5H2,1-2H3,(H,16,17). The fourth-order valence-electron chi connectivity index (χ4n) is 2.62. The molecule has 1 aromatic rings. The van der Waals surface area contributed by atoms with Gasteiger partial charge in [-0.05, 0) is 39.2 Å². The molecular formula is C13H18N2O2. The average molecular weight is 234 g/mol. The van der Waals surface area contributed by atoms with E-state index >= 15 is 0 Å². The summed E-state index contributed by atoms with van der Waals surface area (Å²) in [7, 11) is 0. The number of hydrogen-bond acceptors (Lipinski definition) is 3. The third kappa shape index (κ3) is 2.40. The molecule has 2 unspecified atom stereocenters. The number of carbonyl (C=O) groups is 1. The molecule has 92 valence electrons. The van der Waals surface area contributed by atoms with Gasteiger partial charge in [-0.2, -0.15) is 0 Å². The van der Waals surface area contributed by atoms with Crippen LogP contribution in [0.25, 0.3) is 0 Å². The summed E-state index contributed by atoms with van der Waals surface area (Å²) in [4.78, 5) is 17.2. The van der Waals surface area contributed by atoms with Crippen LogP contribution in [0.2, 0.25) is 0 Å². The zero-order valence-corrected chi connectivity index (χ0v) is 10.3. The van der Waals surface area contributed by atoms with Crippen molar-refractivity contribution in [2.45, 2.75) is 45.2 Å².